The van der Waals surface area contributed by atoms with Crippen molar-refractivity contribution in [3.05, 3.63) is 23.0 Å². The van der Waals surface area contributed by atoms with Crippen LogP contribution in [0.15, 0.2) is 12.3 Å². The molecule has 27 heavy (non-hydrogen) atoms. The van der Waals surface area contributed by atoms with Gasteiger partial charge in [0.05, 0.1) is 10.4 Å². The highest BCUT2D eigenvalue weighted by Gasteiger charge is 2.45. The van der Waals surface area contributed by atoms with Crippen molar-refractivity contribution in [2.75, 3.05) is 0 Å². The van der Waals surface area contributed by atoms with Crippen LogP contribution < -0.4 is 16.1 Å². The lowest BCUT2D eigenvalue weighted by atomic mass is 9.72. The molecule has 6 nitrogen and oxygen atoms in total. The van der Waals surface area contributed by atoms with Gasteiger partial charge in [-0.1, -0.05) is 17.1 Å². The molecule has 146 valence electrons. The third kappa shape index (κ3) is 5.37. The van der Waals surface area contributed by atoms with Gasteiger partial charge in [0.25, 0.3) is 0 Å². The molecule has 1 fully saturated rings. The van der Waals surface area contributed by atoms with Gasteiger partial charge in [-0.05, 0) is 60.5 Å². The number of hydrogen-bond acceptors (Lipinski definition) is 4. The number of alkyl carbamates (subject to hydrolysis) is 1. The Morgan fingerprint density at radius 3 is 2.41 bits per heavy atom. The molecule has 2 N–H and O–H groups in total. The summed E-state index contributed by atoms with van der Waals surface area (Å²) in [6.07, 6.45) is 2.28. The van der Waals surface area contributed by atoms with Gasteiger partial charge in [0.15, 0.2) is 0 Å². The summed E-state index contributed by atoms with van der Waals surface area (Å²) >= 11 is 5.89. The van der Waals surface area contributed by atoms with Gasteiger partial charge in [-0.3, -0.25) is 9.78 Å². The number of amides is 2. The van der Waals surface area contributed by atoms with E-state index in [0.29, 0.717) is 29.0 Å². The van der Waals surface area contributed by atoms with Gasteiger partial charge >= 0.3 is 6.09 Å². The Morgan fingerprint density at radius 2 is 1.89 bits per heavy atom. The molecule has 0 unspecified atom stereocenters. The van der Waals surface area contributed by atoms with Crippen molar-refractivity contribution < 1.29 is 14.3 Å². The van der Waals surface area contributed by atoms with E-state index in [1.54, 1.807) is 19.9 Å². The summed E-state index contributed by atoms with van der Waals surface area (Å²) < 4.78 is 5.26. The number of aromatic nitrogens is 1. The highest BCUT2D eigenvalue weighted by molar-refractivity contribution is 6.36. The van der Waals surface area contributed by atoms with Gasteiger partial charge in [0.1, 0.15) is 13.4 Å². The second-order valence-corrected chi connectivity index (χ2v) is 9.42. The highest BCUT2D eigenvalue weighted by atomic mass is 35.5. The molecule has 1 saturated carbocycles. The van der Waals surface area contributed by atoms with E-state index < -0.39 is 22.6 Å². The van der Waals surface area contributed by atoms with Crippen LogP contribution in [-0.2, 0) is 14.9 Å². The second-order valence-electron chi connectivity index (χ2n) is 8.98. The predicted octanol–water partition coefficient (Wildman–Crippen LogP) is 2.37. The Hall–Kier alpha value is -1.76. The number of rotatable bonds is 4. The van der Waals surface area contributed by atoms with Crippen molar-refractivity contribution in [1.82, 2.24) is 15.6 Å². The molecule has 8 heteroatoms. The van der Waals surface area contributed by atoms with Crippen molar-refractivity contribution in [3.63, 3.8) is 0 Å². The largest absolute Gasteiger partial charge is 0.444 e. The van der Waals surface area contributed by atoms with Crippen LogP contribution in [0, 0.1) is 0 Å². The lowest BCUT2D eigenvalue weighted by molar-refractivity contribution is -0.128. The lowest BCUT2D eigenvalue weighted by Gasteiger charge is -2.47. The average molecular weight is 392 g/mol. The summed E-state index contributed by atoms with van der Waals surface area (Å²) in [5.41, 5.74) is -1.00. The molecule has 0 atom stereocenters. The summed E-state index contributed by atoms with van der Waals surface area (Å²) in [5, 5.41) is 6.32. The lowest BCUT2D eigenvalue weighted by Crippen LogP contribution is -2.64. The standard InChI is InChI=1S/C19H27BClN3O3/c1-17(2,3)27-16(26)23-12-8-19(6,9-12)24-15(25)18(4,5)14-13(20)7-11(21)10-22-14/h7,10,12H,8-9H2,1-6H3,(H,23,26)(H,24,25). The fraction of sp³-hybridized carbons (Fsp3) is 0.632. The van der Waals surface area contributed by atoms with Crippen LogP contribution in [0.3, 0.4) is 0 Å². The van der Waals surface area contributed by atoms with Crippen LogP contribution in [0.1, 0.15) is 60.1 Å². The van der Waals surface area contributed by atoms with Crippen molar-refractivity contribution >= 4 is 36.9 Å². The van der Waals surface area contributed by atoms with Crippen molar-refractivity contribution in [2.24, 2.45) is 0 Å². The molecular formula is C19H27BClN3O3. The summed E-state index contributed by atoms with van der Waals surface area (Å²) in [5.74, 6) is -0.178. The molecule has 1 aromatic rings. The number of nitrogens with zero attached hydrogens (tertiary/aromatic N) is 1. The van der Waals surface area contributed by atoms with E-state index in [4.69, 9.17) is 24.2 Å². The van der Waals surface area contributed by atoms with Crippen molar-refractivity contribution in [2.45, 2.75) is 77.0 Å². The fourth-order valence-electron chi connectivity index (χ4n) is 3.22. The SMILES string of the molecule is [B]c1cc(Cl)cnc1C(C)(C)C(=O)NC1(C)CC(NC(=O)OC(C)(C)C)C1. The predicted molar refractivity (Wildman–Crippen MR) is 107 cm³/mol. The molecule has 1 aliphatic rings. The Morgan fingerprint density at radius 1 is 1.30 bits per heavy atom. The average Bonchev–Trinajstić information content (AvgIpc) is 2.42. The highest BCUT2D eigenvalue weighted by Crippen LogP contribution is 2.33. The smallest absolute Gasteiger partial charge is 0.407 e. The summed E-state index contributed by atoms with van der Waals surface area (Å²) in [4.78, 5) is 29.0. The molecule has 1 heterocycles. The molecule has 2 rings (SSSR count). The van der Waals surface area contributed by atoms with Gasteiger partial charge in [-0.2, -0.15) is 0 Å². The molecule has 2 radical (unpaired) electrons. The van der Waals surface area contributed by atoms with E-state index in [-0.39, 0.29) is 11.9 Å². The van der Waals surface area contributed by atoms with Crippen LogP contribution in [0.4, 0.5) is 4.79 Å². The Balaban J connectivity index is 1.95. The number of ether oxygens (including phenoxy) is 1. The van der Waals surface area contributed by atoms with E-state index >= 15 is 0 Å². The quantitative estimate of drug-likeness (QED) is 0.772. The van der Waals surface area contributed by atoms with Gasteiger partial charge in [-0.15, -0.1) is 0 Å². The Kier molecular flexibility index (Phi) is 5.86. The molecule has 0 spiro atoms. The molecule has 1 aliphatic carbocycles. The molecule has 1 aromatic heterocycles. The second kappa shape index (κ2) is 7.34. The van der Waals surface area contributed by atoms with E-state index in [9.17, 15) is 9.59 Å². The zero-order valence-corrected chi connectivity index (χ0v) is 17.5. The van der Waals surface area contributed by atoms with E-state index in [1.807, 2.05) is 27.7 Å². The minimum absolute atomic E-state index is 0.0352. The maximum Gasteiger partial charge on any atom is 0.407 e. The molecule has 0 aliphatic heterocycles. The first-order chi connectivity index (χ1) is 12.2. The van der Waals surface area contributed by atoms with Crippen LogP contribution >= 0.6 is 11.6 Å². The molecule has 0 aromatic carbocycles. The van der Waals surface area contributed by atoms with Crippen LogP contribution in [-0.4, -0.2) is 42.0 Å². The van der Waals surface area contributed by atoms with Crippen molar-refractivity contribution in [3.8, 4) is 0 Å². The van der Waals surface area contributed by atoms with Crippen LogP contribution in [0.5, 0.6) is 0 Å². The minimum Gasteiger partial charge on any atom is -0.444 e. The van der Waals surface area contributed by atoms with Gasteiger partial charge in [-0.25, -0.2) is 4.79 Å². The Bertz CT molecular complexity index is 740. The normalized spacial score (nSPS) is 22.6. The van der Waals surface area contributed by atoms with Gasteiger partial charge in [0, 0.05) is 23.5 Å². The van der Waals surface area contributed by atoms with Gasteiger partial charge in [0.2, 0.25) is 5.91 Å². The van der Waals surface area contributed by atoms with E-state index in [1.165, 1.54) is 6.20 Å². The zero-order valence-electron chi connectivity index (χ0n) is 16.8. The third-order valence-electron chi connectivity index (χ3n) is 4.57. The Labute approximate surface area is 167 Å². The monoisotopic (exact) mass is 391 g/mol. The molecule has 2 amide bonds. The summed E-state index contributed by atoms with van der Waals surface area (Å²) in [6.45, 7) is 10.9. The number of halogens is 1. The summed E-state index contributed by atoms with van der Waals surface area (Å²) in [7, 11) is 5.99. The maximum atomic E-state index is 12.9. The summed E-state index contributed by atoms with van der Waals surface area (Å²) in [6, 6.07) is 1.55. The van der Waals surface area contributed by atoms with Crippen LogP contribution in [0.25, 0.3) is 0 Å². The third-order valence-corrected chi connectivity index (χ3v) is 4.78. The number of pyridine rings is 1. The molecule has 0 saturated heterocycles. The molecule has 0 bridgehead atoms. The number of carbonyl (C=O) groups is 2. The van der Waals surface area contributed by atoms with E-state index in [2.05, 4.69) is 15.6 Å². The molecular weight excluding hydrogens is 364 g/mol. The first-order valence-electron chi connectivity index (χ1n) is 8.95. The topological polar surface area (TPSA) is 80.3 Å². The number of nitrogens with one attached hydrogen (secondary N) is 2. The minimum atomic E-state index is -0.915. The maximum absolute atomic E-state index is 12.9. The number of carbonyl (C=O) groups excluding carboxylic acids is 2. The van der Waals surface area contributed by atoms with Gasteiger partial charge < -0.3 is 15.4 Å². The first kappa shape index (κ1) is 21.5. The van der Waals surface area contributed by atoms with Crippen molar-refractivity contribution in [1.29, 1.82) is 0 Å². The van der Waals surface area contributed by atoms with E-state index in [0.717, 1.165) is 0 Å². The first-order valence-corrected chi connectivity index (χ1v) is 9.33. The zero-order chi connectivity index (χ0) is 20.6. The number of hydrogen-bond donors (Lipinski definition) is 2. The fourth-order valence-corrected chi connectivity index (χ4v) is 3.39. The van der Waals surface area contributed by atoms with Crippen LogP contribution in [0.2, 0.25) is 5.02 Å².